The van der Waals surface area contributed by atoms with Crippen molar-refractivity contribution in [2.45, 2.75) is 26.4 Å². The van der Waals surface area contributed by atoms with E-state index >= 15 is 0 Å². The molecule has 0 aliphatic carbocycles. The highest BCUT2D eigenvalue weighted by Gasteiger charge is 2.30. The van der Waals surface area contributed by atoms with E-state index in [-0.39, 0.29) is 0 Å². The zero-order chi connectivity index (χ0) is 17.9. The molecule has 1 atom stereocenters. The second-order valence-corrected chi connectivity index (χ2v) is 5.87. The van der Waals surface area contributed by atoms with Gasteiger partial charge in [-0.15, -0.1) is 0 Å². The molecule has 0 saturated carbocycles. The van der Waals surface area contributed by atoms with Gasteiger partial charge in [0.05, 0.1) is 24.1 Å². The lowest BCUT2D eigenvalue weighted by Crippen LogP contribution is -2.47. The molecule has 2 amide bonds. The van der Waals surface area contributed by atoms with Crippen LogP contribution >= 0.6 is 0 Å². The molecular weight excluding hydrogens is 312 g/mol. The van der Waals surface area contributed by atoms with Crippen LogP contribution in [0.4, 0.5) is 10.5 Å². The fourth-order valence-corrected chi connectivity index (χ4v) is 1.99. The normalized spacial score (nSPS) is 13.2. The predicted molar refractivity (Wildman–Crippen MR) is 88.3 cm³/mol. The summed E-state index contributed by atoms with van der Waals surface area (Å²) in [6.07, 6.45) is 3.52. The van der Waals surface area contributed by atoms with Crippen molar-refractivity contribution < 1.29 is 19.8 Å². The van der Waals surface area contributed by atoms with Gasteiger partial charge in [-0.1, -0.05) is 6.07 Å². The SMILES string of the molecule is Cc1ccc(-n2cc(C)cn2)c(NC(=O)NCC(C)(O)C(=O)O)c1. The first-order chi connectivity index (χ1) is 11.2. The summed E-state index contributed by atoms with van der Waals surface area (Å²) in [5, 5.41) is 27.7. The van der Waals surface area contributed by atoms with Gasteiger partial charge >= 0.3 is 12.0 Å². The van der Waals surface area contributed by atoms with E-state index in [1.807, 2.05) is 32.2 Å². The van der Waals surface area contributed by atoms with Gasteiger partial charge in [-0.25, -0.2) is 14.3 Å². The van der Waals surface area contributed by atoms with Crippen molar-refractivity contribution in [2.24, 2.45) is 0 Å². The number of aliphatic hydroxyl groups is 1. The Morgan fingerprint density at radius 3 is 2.58 bits per heavy atom. The summed E-state index contributed by atoms with van der Waals surface area (Å²) in [5.74, 6) is -1.41. The molecule has 24 heavy (non-hydrogen) atoms. The number of aromatic nitrogens is 2. The van der Waals surface area contributed by atoms with E-state index in [2.05, 4.69) is 15.7 Å². The van der Waals surface area contributed by atoms with Crippen LogP contribution in [-0.2, 0) is 4.79 Å². The highest BCUT2D eigenvalue weighted by Crippen LogP contribution is 2.21. The Hall–Kier alpha value is -2.87. The van der Waals surface area contributed by atoms with Gasteiger partial charge < -0.3 is 20.8 Å². The Morgan fingerprint density at radius 2 is 2.00 bits per heavy atom. The molecule has 0 saturated heterocycles. The lowest BCUT2D eigenvalue weighted by molar-refractivity contribution is -0.155. The molecule has 8 heteroatoms. The van der Waals surface area contributed by atoms with E-state index in [0.29, 0.717) is 11.4 Å². The zero-order valence-corrected chi connectivity index (χ0v) is 13.7. The van der Waals surface area contributed by atoms with Crippen molar-refractivity contribution in [3.05, 3.63) is 41.7 Å². The first kappa shape index (κ1) is 17.5. The van der Waals surface area contributed by atoms with Gasteiger partial charge in [-0.3, -0.25) is 0 Å². The number of amides is 2. The van der Waals surface area contributed by atoms with Gasteiger partial charge in [-0.05, 0) is 44.0 Å². The fourth-order valence-electron chi connectivity index (χ4n) is 1.99. The molecular formula is C16H20N4O4. The number of urea groups is 1. The lowest BCUT2D eigenvalue weighted by atomic mass is 10.1. The largest absolute Gasteiger partial charge is 0.479 e. The molecule has 0 aliphatic heterocycles. The van der Waals surface area contributed by atoms with Crippen LogP contribution in [0, 0.1) is 13.8 Å². The summed E-state index contributed by atoms with van der Waals surface area (Å²) in [7, 11) is 0. The van der Waals surface area contributed by atoms with E-state index in [0.717, 1.165) is 18.1 Å². The first-order valence-electron chi connectivity index (χ1n) is 7.32. The Kier molecular flexibility index (Phi) is 4.89. The van der Waals surface area contributed by atoms with Gasteiger partial charge in [0.1, 0.15) is 0 Å². The quantitative estimate of drug-likeness (QED) is 0.661. The minimum absolute atomic E-state index is 0.420. The molecule has 0 aliphatic rings. The molecule has 1 aromatic heterocycles. The zero-order valence-electron chi connectivity index (χ0n) is 13.7. The Morgan fingerprint density at radius 1 is 1.29 bits per heavy atom. The van der Waals surface area contributed by atoms with Gasteiger partial charge in [0, 0.05) is 6.20 Å². The number of carbonyl (C=O) groups is 2. The van der Waals surface area contributed by atoms with Crippen LogP contribution < -0.4 is 10.6 Å². The fraction of sp³-hybridized carbons (Fsp3) is 0.312. The summed E-state index contributed by atoms with van der Waals surface area (Å²) >= 11 is 0. The van der Waals surface area contributed by atoms with Crippen LogP contribution in [0.3, 0.4) is 0 Å². The Bertz CT molecular complexity index is 767. The molecule has 0 spiro atoms. The number of benzene rings is 1. The molecule has 2 aromatic rings. The van der Waals surface area contributed by atoms with E-state index in [1.165, 1.54) is 0 Å². The first-order valence-corrected chi connectivity index (χ1v) is 7.32. The van der Waals surface area contributed by atoms with E-state index in [9.17, 15) is 14.7 Å². The number of aliphatic carboxylic acids is 1. The molecule has 0 bridgehead atoms. The molecule has 1 heterocycles. The van der Waals surface area contributed by atoms with Crippen molar-refractivity contribution >= 4 is 17.7 Å². The number of rotatable bonds is 5. The summed E-state index contributed by atoms with van der Waals surface area (Å²) in [6.45, 7) is 4.48. The number of hydrogen-bond acceptors (Lipinski definition) is 4. The summed E-state index contributed by atoms with van der Waals surface area (Å²) < 4.78 is 1.64. The molecule has 4 N–H and O–H groups in total. The van der Waals surface area contributed by atoms with E-state index in [1.54, 1.807) is 16.9 Å². The van der Waals surface area contributed by atoms with Crippen molar-refractivity contribution in [1.29, 1.82) is 0 Å². The number of anilines is 1. The second-order valence-electron chi connectivity index (χ2n) is 5.87. The lowest BCUT2D eigenvalue weighted by Gasteiger charge is -2.19. The summed E-state index contributed by atoms with van der Waals surface area (Å²) in [4.78, 5) is 22.9. The van der Waals surface area contributed by atoms with Crippen LogP contribution in [0.1, 0.15) is 18.1 Å². The van der Waals surface area contributed by atoms with E-state index in [4.69, 9.17) is 5.11 Å². The van der Waals surface area contributed by atoms with Crippen LogP contribution in [-0.4, -0.2) is 44.1 Å². The van der Waals surface area contributed by atoms with Gasteiger partial charge in [0.2, 0.25) is 0 Å². The van der Waals surface area contributed by atoms with E-state index < -0.39 is 24.1 Å². The number of carboxylic acid groups (broad SMARTS) is 1. The second kappa shape index (κ2) is 6.71. The topological polar surface area (TPSA) is 116 Å². The summed E-state index contributed by atoms with van der Waals surface area (Å²) in [5.41, 5.74) is 1.07. The molecule has 2 rings (SSSR count). The summed E-state index contributed by atoms with van der Waals surface area (Å²) in [6, 6.07) is 4.88. The number of nitrogens with zero attached hydrogens (tertiary/aromatic N) is 2. The molecule has 0 radical (unpaired) electrons. The molecule has 0 fully saturated rings. The van der Waals surface area contributed by atoms with Gasteiger partial charge in [0.15, 0.2) is 5.60 Å². The Labute approximate surface area is 139 Å². The average Bonchev–Trinajstić information content (AvgIpc) is 2.91. The third-order valence-corrected chi connectivity index (χ3v) is 3.41. The highest BCUT2D eigenvalue weighted by atomic mass is 16.4. The predicted octanol–water partition coefficient (Wildman–Crippen LogP) is 1.45. The Balaban J connectivity index is 2.16. The highest BCUT2D eigenvalue weighted by molar-refractivity contribution is 5.92. The van der Waals surface area contributed by atoms with Gasteiger partial charge in [-0.2, -0.15) is 5.10 Å². The van der Waals surface area contributed by atoms with Crippen molar-refractivity contribution in [3.8, 4) is 5.69 Å². The third-order valence-electron chi connectivity index (χ3n) is 3.41. The molecule has 8 nitrogen and oxygen atoms in total. The van der Waals surface area contributed by atoms with Crippen LogP contribution in [0.25, 0.3) is 5.69 Å². The number of carboxylic acids is 1. The maximum absolute atomic E-state index is 12.0. The smallest absolute Gasteiger partial charge is 0.337 e. The van der Waals surface area contributed by atoms with Crippen LogP contribution in [0.2, 0.25) is 0 Å². The number of nitrogens with one attached hydrogen (secondary N) is 2. The molecule has 1 unspecified atom stereocenters. The van der Waals surface area contributed by atoms with Crippen molar-refractivity contribution in [3.63, 3.8) is 0 Å². The maximum Gasteiger partial charge on any atom is 0.337 e. The minimum atomic E-state index is -2.04. The molecule has 1 aromatic carbocycles. The third kappa shape index (κ3) is 4.11. The minimum Gasteiger partial charge on any atom is -0.479 e. The average molecular weight is 332 g/mol. The maximum atomic E-state index is 12.0. The van der Waals surface area contributed by atoms with Gasteiger partial charge in [0.25, 0.3) is 0 Å². The number of aryl methyl sites for hydroxylation is 2. The van der Waals surface area contributed by atoms with Crippen LogP contribution in [0.5, 0.6) is 0 Å². The molecule has 128 valence electrons. The monoisotopic (exact) mass is 332 g/mol. The van der Waals surface area contributed by atoms with Crippen molar-refractivity contribution in [2.75, 3.05) is 11.9 Å². The number of hydrogen-bond donors (Lipinski definition) is 4. The number of carbonyl (C=O) groups excluding carboxylic acids is 1. The standard InChI is InChI=1S/C16H20N4O4/c1-10-4-5-13(20-8-11(2)7-18-20)12(6-10)19-15(23)17-9-16(3,24)14(21)22/h4-8,24H,9H2,1-3H3,(H,21,22)(H2,17,19,23). The van der Waals surface area contributed by atoms with Crippen LogP contribution in [0.15, 0.2) is 30.6 Å². The van der Waals surface area contributed by atoms with Crippen molar-refractivity contribution in [1.82, 2.24) is 15.1 Å².